The van der Waals surface area contributed by atoms with Gasteiger partial charge in [-0.1, -0.05) is 32.4 Å². The Morgan fingerprint density at radius 3 is 2.70 bits per heavy atom. The normalized spacial score (nSPS) is 22.9. The maximum absolute atomic E-state index is 12.2. The van der Waals surface area contributed by atoms with Crippen molar-refractivity contribution in [3.63, 3.8) is 0 Å². The number of thioether (sulfide) groups is 1. The summed E-state index contributed by atoms with van der Waals surface area (Å²) in [5.74, 6) is 1.25. The molecule has 0 saturated heterocycles. The number of para-hydroxylation sites is 1. The molecule has 2 atom stereocenters. The molecular weight excluding hydrogens is 290 g/mol. The first-order valence-corrected chi connectivity index (χ1v) is 9.98. The van der Waals surface area contributed by atoms with Crippen LogP contribution in [-0.4, -0.2) is 31.2 Å². The summed E-state index contributed by atoms with van der Waals surface area (Å²) in [5, 5.41) is 4.08. The van der Waals surface area contributed by atoms with Crippen molar-refractivity contribution in [2.24, 2.45) is 0 Å². The largest absolute Gasteiger partial charge is 0.380 e. The minimum absolute atomic E-state index is 0.142. The molecule has 112 valence electrons. The van der Waals surface area contributed by atoms with Crippen molar-refractivity contribution < 1.29 is 8.42 Å². The third-order valence-electron chi connectivity index (χ3n) is 3.78. The summed E-state index contributed by atoms with van der Waals surface area (Å²) in [7, 11) is -3.17. The summed E-state index contributed by atoms with van der Waals surface area (Å²) < 4.78 is 24.3. The highest BCUT2D eigenvalue weighted by Gasteiger charge is 2.28. The van der Waals surface area contributed by atoms with Gasteiger partial charge in [0.25, 0.3) is 0 Å². The van der Waals surface area contributed by atoms with Gasteiger partial charge in [-0.2, -0.15) is 11.8 Å². The molecule has 1 aliphatic rings. The number of anilines is 1. The topological polar surface area (TPSA) is 46.2 Å². The molecule has 2 rings (SSSR count). The highest BCUT2D eigenvalue weighted by atomic mass is 32.2. The van der Waals surface area contributed by atoms with Crippen LogP contribution in [0.15, 0.2) is 29.2 Å². The predicted octanol–water partition coefficient (Wildman–Crippen LogP) is 3.57. The Bertz CT molecular complexity index is 543. The average molecular weight is 313 g/mol. The lowest BCUT2D eigenvalue weighted by Crippen LogP contribution is -2.27. The zero-order valence-electron chi connectivity index (χ0n) is 12.1. The molecule has 3 nitrogen and oxygen atoms in total. The second-order valence-corrected chi connectivity index (χ2v) is 8.84. The van der Waals surface area contributed by atoms with Gasteiger partial charge in [-0.3, -0.25) is 0 Å². The molecule has 0 bridgehead atoms. The summed E-state index contributed by atoms with van der Waals surface area (Å²) in [5.41, 5.74) is 0.767. The van der Waals surface area contributed by atoms with E-state index in [-0.39, 0.29) is 5.75 Å². The average Bonchev–Trinajstić information content (AvgIpc) is 2.87. The summed E-state index contributed by atoms with van der Waals surface area (Å²) in [6.07, 6.45) is 3.56. The fourth-order valence-corrected chi connectivity index (χ4v) is 4.97. The fraction of sp³-hybridized carbons (Fsp3) is 0.600. The van der Waals surface area contributed by atoms with Crippen LogP contribution < -0.4 is 5.32 Å². The summed E-state index contributed by atoms with van der Waals surface area (Å²) in [6, 6.07) is 7.66. The molecule has 1 aromatic rings. The van der Waals surface area contributed by atoms with Crippen molar-refractivity contribution in [1.29, 1.82) is 0 Å². The van der Waals surface area contributed by atoms with Crippen LogP contribution >= 0.6 is 11.8 Å². The zero-order chi connectivity index (χ0) is 14.6. The Hall–Kier alpha value is -0.680. The zero-order valence-corrected chi connectivity index (χ0v) is 13.8. The molecule has 5 heteroatoms. The number of sulfone groups is 1. The SMILES string of the molecule is CCSC1CCCC1Nc1ccccc1S(=O)(=O)CC. The van der Waals surface area contributed by atoms with Gasteiger partial charge < -0.3 is 5.32 Å². The van der Waals surface area contributed by atoms with Gasteiger partial charge in [0.15, 0.2) is 9.84 Å². The number of hydrogen-bond acceptors (Lipinski definition) is 4. The molecule has 1 aliphatic carbocycles. The third kappa shape index (κ3) is 3.50. The molecule has 2 unspecified atom stereocenters. The van der Waals surface area contributed by atoms with E-state index in [2.05, 4.69) is 12.2 Å². The van der Waals surface area contributed by atoms with Crippen molar-refractivity contribution in [1.82, 2.24) is 0 Å². The lowest BCUT2D eigenvalue weighted by atomic mass is 10.2. The molecule has 0 amide bonds. The highest BCUT2D eigenvalue weighted by molar-refractivity contribution is 7.99. The molecule has 1 fully saturated rings. The van der Waals surface area contributed by atoms with E-state index in [0.717, 1.165) is 17.9 Å². The fourth-order valence-electron chi connectivity index (χ4n) is 2.72. The second kappa shape index (κ2) is 6.85. The van der Waals surface area contributed by atoms with Crippen molar-refractivity contribution in [2.45, 2.75) is 49.3 Å². The Labute approximate surface area is 126 Å². The van der Waals surface area contributed by atoms with Gasteiger partial charge >= 0.3 is 0 Å². The number of nitrogens with one attached hydrogen (secondary N) is 1. The number of rotatable bonds is 6. The van der Waals surface area contributed by atoms with Crippen molar-refractivity contribution in [2.75, 3.05) is 16.8 Å². The van der Waals surface area contributed by atoms with Crippen LogP contribution in [0.3, 0.4) is 0 Å². The molecule has 0 spiro atoms. The van der Waals surface area contributed by atoms with Crippen LogP contribution in [0.5, 0.6) is 0 Å². The maximum atomic E-state index is 12.2. The predicted molar refractivity (Wildman–Crippen MR) is 87.4 cm³/mol. The van der Waals surface area contributed by atoms with E-state index in [1.54, 1.807) is 19.1 Å². The minimum Gasteiger partial charge on any atom is -0.380 e. The Morgan fingerprint density at radius 1 is 1.25 bits per heavy atom. The van der Waals surface area contributed by atoms with E-state index in [1.807, 2.05) is 23.9 Å². The molecule has 0 radical (unpaired) electrons. The van der Waals surface area contributed by atoms with Gasteiger partial charge in [0.1, 0.15) is 0 Å². The van der Waals surface area contributed by atoms with Gasteiger partial charge in [0, 0.05) is 11.3 Å². The van der Waals surface area contributed by atoms with Crippen molar-refractivity contribution in [3.05, 3.63) is 24.3 Å². The molecule has 20 heavy (non-hydrogen) atoms. The highest BCUT2D eigenvalue weighted by Crippen LogP contribution is 2.33. The Morgan fingerprint density at radius 2 is 2.00 bits per heavy atom. The van der Waals surface area contributed by atoms with Gasteiger partial charge in [-0.05, 0) is 30.7 Å². The molecule has 0 aromatic heterocycles. The van der Waals surface area contributed by atoms with Crippen LogP contribution in [0.2, 0.25) is 0 Å². The van der Waals surface area contributed by atoms with Crippen molar-refractivity contribution >= 4 is 27.3 Å². The van der Waals surface area contributed by atoms with Gasteiger partial charge in [0.2, 0.25) is 0 Å². The van der Waals surface area contributed by atoms with Crippen LogP contribution in [0.25, 0.3) is 0 Å². The Balaban J connectivity index is 2.22. The number of benzene rings is 1. The molecule has 1 saturated carbocycles. The van der Waals surface area contributed by atoms with E-state index in [9.17, 15) is 8.42 Å². The van der Waals surface area contributed by atoms with Gasteiger partial charge in [-0.25, -0.2) is 8.42 Å². The standard InChI is InChI=1S/C15H23NO2S2/c1-3-19-14-10-7-9-12(14)16-13-8-5-6-11-15(13)20(17,18)4-2/h5-6,8,11-12,14,16H,3-4,7,9-10H2,1-2H3. The summed E-state index contributed by atoms with van der Waals surface area (Å²) >= 11 is 1.97. The van der Waals surface area contributed by atoms with E-state index < -0.39 is 9.84 Å². The second-order valence-electron chi connectivity index (χ2n) is 5.08. The van der Waals surface area contributed by atoms with E-state index in [4.69, 9.17) is 0 Å². The van der Waals surface area contributed by atoms with Crippen LogP contribution in [-0.2, 0) is 9.84 Å². The van der Waals surface area contributed by atoms with Crippen molar-refractivity contribution in [3.8, 4) is 0 Å². The van der Waals surface area contributed by atoms with E-state index in [1.165, 1.54) is 12.8 Å². The first-order valence-electron chi connectivity index (χ1n) is 7.28. The first kappa shape index (κ1) is 15.7. The lowest BCUT2D eigenvalue weighted by molar-refractivity contribution is 0.597. The third-order valence-corrected chi connectivity index (χ3v) is 6.89. The molecule has 1 N–H and O–H groups in total. The number of hydrogen-bond donors (Lipinski definition) is 1. The van der Waals surface area contributed by atoms with Crippen LogP contribution in [0.4, 0.5) is 5.69 Å². The van der Waals surface area contributed by atoms with E-state index >= 15 is 0 Å². The molecular formula is C15H23NO2S2. The van der Waals surface area contributed by atoms with Crippen LogP contribution in [0.1, 0.15) is 33.1 Å². The van der Waals surface area contributed by atoms with Gasteiger partial charge in [0.05, 0.1) is 16.3 Å². The maximum Gasteiger partial charge on any atom is 0.180 e. The first-order chi connectivity index (χ1) is 9.58. The van der Waals surface area contributed by atoms with Gasteiger partial charge in [-0.15, -0.1) is 0 Å². The molecule has 0 heterocycles. The van der Waals surface area contributed by atoms with Crippen LogP contribution in [0, 0.1) is 0 Å². The molecule has 1 aromatic carbocycles. The monoisotopic (exact) mass is 313 g/mol. The summed E-state index contributed by atoms with van der Waals surface area (Å²) in [4.78, 5) is 0.439. The Kier molecular flexibility index (Phi) is 5.38. The van der Waals surface area contributed by atoms with E-state index in [0.29, 0.717) is 16.2 Å². The molecule has 0 aliphatic heterocycles. The smallest absolute Gasteiger partial charge is 0.180 e. The minimum atomic E-state index is -3.17. The lowest BCUT2D eigenvalue weighted by Gasteiger charge is -2.22. The summed E-state index contributed by atoms with van der Waals surface area (Å²) in [6.45, 7) is 3.87. The quantitative estimate of drug-likeness (QED) is 0.872.